The number of carbonyl (C=O) groups is 1. The number of hydrogen-bond acceptors (Lipinski definition) is 4. The standard InChI is InChI=1S/C16H23ClN2O2.ClH/c1-11(10-19-13-5-3-2-4-6-13)21-16(20)14-8-7-12(18)9-15(14)17;/h7-9,11,13,19H,2-6,10,18H2,1H3;1H. The normalized spacial score (nSPS) is 16.6. The van der Waals surface area contributed by atoms with Crippen LogP contribution in [0.25, 0.3) is 0 Å². The van der Waals surface area contributed by atoms with E-state index in [1.165, 1.54) is 32.1 Å². The summed E-state index contributed by atoms with van der Waals surface area (Å²) in [7, 11) is 0. The smallest absolute Gasteiger partial charge is 0.339 e. The van der Waals surface area contributed by atoms with Crippen molar-refractivity contribution in [3.8, 4) is 0 Å². The van der Waals surface area contributed by atoms with Crippen LogP contribution in [0.5, 0.6) is 0 Å². The molecule has 0 radical (unpaired) electrons. The summed E-state index contributed by atoms with van der Waals surface area (Å²) >= 11 is 6.01. The fraction of sp³-hybridized carbons (Fsp3) is 0.562. The first-order chi connectivity index (χ1) is 10.1. The predicted octanol–water partition coefficient (Wildman–Crippen LogP) is 3.81. The van der Waals surface area contributed by atoms with E-state index in [2.05, 4.69) is 5.32 Å². The van der Waals surface area contributed by atoms with Gasteiger partial charge in [-0.1, -0.05) is 30.9 Å². The molecule has 0 aromatic heterocycles. The molecule has 1 aliphatic carbocycles. The molecule has 2 rings (SSSR count). The molecule has 22 heavy (non-hydrogen) atoms. The Labute approximate surface area is 143 Å². The van der Waals surface area contributed by atoms with Gasteiger partial charge in [-0.25, -0.2) is 4.79 Å². The molecule has 4 nitrogen and oxygen atoms in total. The molecule has 3 N–H and O–H groups in total. The maximum atomic E-state index is 12.1. The van der Waals surface area contributed by atoms with Crippen molar-refractivity contribution in [3.63, 3.8) is 0 Å². The van der Waals surface area contributed by atoms with Crippen LogP contribution in [0.4, 0.5) is 5.69 Å². The average Bonchev–Trinajstić information content (AvgIpc) is 2.46. The molecule has 1 aliphatic rings. The van der Waals surface area contributed by atoms with Crippen molar-refractivity contribution in [3.05, 3.63) is 28.8 Å². The third-order valence-electron chi connectivity index (χ3n) is 3.82. The third-order valence-corrected chi connectivity index (χ3v) is 4.13. The zero-order chi connectivity index (χ0) is 15.2. The van der Waals surface area contributed by atoms with E-state index in [0.29, 0.717) is 28.9 Å². The van der Waals surface area contributed by atoms with Crippen LogP contribution >= 0.6 is 24.0 Å². The summed E-state index contributed by atoms with van der Waals surface area (Å²) < 4.78 is 5.42. The predicted molar refractivity (Wildman–Crippen MR) is 92.9 cm³/mol. The van der Waals surface area contributed by atoms with Gasteiger partial charge in [0.25, 0.3) is 0 Å². The van der Waals surface area contributed by atoms with Crippen molar-refractivity contribution in [2.45, 2.75) is 51.2 Å². The summed E-state index contributed by atoms with van der Waals surface area (Å²) in [5.41, 5.74) is 6.50. The van der Waals surface area contributed by atoms with Crippen LogP contribution in [-0.2, 0) is 4.74 Å². The summed E-state index contributed by atoms with van der Waals surface area (Å²) in [6.07, 6.45) is 6.14. The number of ether oxygens (including phenoxy) is 1. The number of carbonyl (C=O) groups excluding carboxylic acids is 1. The van der Waals surface area contributed by atoms with Crippen molar-refractivity contribution in [1.82, 2.24) is 5.32 Å². The first-order valence-electron chi connectivity index (χ1n) is 7.55. The number of rotatable bonds is 5. The number of benzene rings is 1. The summed E-state index contributed by atoms with van der Waals surface area (Å²) in [6, 6.07) is 5.36. The topological polar surface area (TPSA) is 64.3 Å². The van der Waals surface area contributed by atoms with Gasteiger partial charge in [-0.3, -0.25) is 0 Å². The van der Waals surface area contributed by atoms with Crippen LogP contribution in [0.3, 0.4) is 0 Å². The van der Waals surface area contributed by atoms with Crippen LogP contribution in [0.2, 0.25) is 5.02 Å². The lowest BCUT2D eigenvalue weighted by molar-refractivity contribution is 0.0334. The van der Waals surface area contributed by atoms with Crippen LogP contribution < -0.4 is 11.1 Å². The fourth-order valence-corrected chi connectivity index (χ4v) is 2.89. The number of nitrogens with one attached hydrogen (secondary N) is 1. The van der Waals surface area contributed by atoms with Gasteiger partial charge in [-0.2, -0.15) is 0 Å². The zero-order valence-electron chi connectivity index (χ0n) is 12.8. The molecule has 1 aromatic rings. The minimum Gasteiger partial charge on any atom is -0.458 e. The maximum absolute atomic E-state index is 12.1. The SMILES string of the molecule is CC(CNC1CCCCC1)OC(=O)c1ccc(N)cc1Cl.Cl. The molecule has 0 amide bonds. The highest BCUT2D eigenvalue weighted by Crippen LogP contribution is 2.21. The number of esters is 1. The number of anilines is 1. The second kappa shape index (κ2) is 9.23. The lowest BCUT2D eigenvalue weighted by atomic mass is 9.95. The Bertz CT molecular complexity index is 491. The molecule has 1 atom stereocenters. The van der Waals surface area contributed by atoms with Crippen molar-refractivity contribution in [2.24, 2.45) is 0 Å². The van der Waals surface area contributed by atoms with E-state index < -0.39 is 5.97 Å². The van der Waals surface area contributed by atoms with Crippen molar-refractivity contribution in [1.29, 1.82) is 0 Å². The Balaban J connectivity index is 0.00000242. The van der Waals surface area contributed by atoms with Crippen LogP contribution in [-0.4, -0.2) is 24.7 Å². The summed E-state index contributed by atoms with van der Waals surface area (Å²) in [5, 5.41) is 3.80. The molecule has 0 bridgehead atoms. The quantitative estimate of drug-likeness (QED) is 0.628. The molecule has 6 heteroatoms. The molecule has 0 saturated heterocycles. The average molecular weight is 347 g/mol. The highest BCUT2D eigenvalue weighted by Gasteiger charge is 2.17. The first kappa shape index (κ1) is 19.1. The van der Waals surface area contributed by atoms with Crippen LogP contribution in [0.1, 0.15) is 49.4 Å². The van der Waals surface area contributed by atoms with Gasteiger partial charge in [0.05, 0.1) is 10.6 Å². The molecule has 1 saturated carbocycles. The molecule has 124 valence electrons. The third kappa shape index (κ3) is 5.67. The van der Waals surface area contributed by atoms with E-state index in [9.17, 15) is 4.79 Å². The Morgan fingerprint density at radius 2 is 2.09 bits per heavy atom. The van der Waals surface area contributed by atoms with Gasteiger partial charge in [0.2, 0.25) is 0 Å². The Morgan fingerprint density at radius 3 is 2.73 bits per heavy atom. The number of hydrogen-bond donors (Lipinski definition) is 2. The van der Waals surface area contributed by atoms with E-state index in [4.69, 9.17) is 22.1 Å². The molecule has 0 heterocycles. The minimum atomic E-state index is -0.405. The second-order valence-corrected chi connectivity index (χ2v) is 6.11. The van der Waals surface area contributed by atoms with E-state index in [-0.39, 0.29) is 18.5 Å². The Morgan fingerprint density at radius 1 is 1.41 bits per heavy atom. The summed E-state index contributed by atoms with van der Waals surface area (Å²) in [5.74, 6) is -0.405. The molecule has 1 fully saturated rings. The number of halogens is 2. The molecule has 0 aliphatic heterocycles. The highest BCUT2D eigenvalue weighted by molar-refractivity contribution is 6.33. The van der Waals surface area contributed by atoms with Gasteiger partial charge >= 0.3 is 5.97 Å². The minimum absolute atomic E-state index is 0. The van der Waals surface area contributed by atoms with Gasteiger partial charge in [-0.15, -0.1) is 12.4 Å². The summed E-state index contributed by atoms with van der Waals surface area (Å²) in [4.78, 5) is 12.1. The second-order valence-electron chi connectivity index (χ2n) is 5.70. The van der Waals surface area contributed by atoms with Crippen LogP contribution in [0, 0.1) is 0 Å². The van der Waals surface area contributed by atoms with Gasteiger partial charge in [0.15, 0.2) is 0 Å². The van der Waals surface area contributed by atoms with E-state index in [1.807, 2.05) is 6.92 Å². The Hall–Kier alpha value is -0.970. The van der Waals surface area contributed by atoms with Gasteiger partial charge in [0, 0.05) is 18.3 Å². The van der Waals surface area contributed by atoms with Crippen molar-refractivity contribution < 1.29 is 9.53 Å². The maximum Gasteiger partial charge on any atom is 0.339 e. The number of nitrogens with two attached hydrogens (primary N) is 1. The number of nitrogen functional groups attached to an aromatic ring is 1. The van der Waals surface area contributed by atoms with Crippen molar-refractivity contribution >= 4 is 35.7 Å². The molecular formula is C16H24Cl2N2O2. The first-order valence-corrected chi connectivity index (χ1v) is 7.93. The zero-order valence-corrected chi connectivity index (χ0v) is 14.4. The van der Waals surface area contributed by atoms with Crippen molar-refractivity contribution in [2.75, 3.05) is 12.3 Å². The van der Waals surface area contributed by atoms with Gasteiger partial charge in [-0.05, 0) is 38.0 Å². The van der Waals surface area contributed by atoms with E-state index in [1.54, 1.807) is 18.2 Å². The molecule has 1 aromatic carbocycles. The molecule has 0 spiro atoms. The Kier molecular flexibility index (Phi) is 8.01. The van der Waals surface area contributed by atoms with E-state index >= 15 is 0 Å². The largest absolute Gasteiger partial charge is 0.458 e. The highest BCUT2D eigenvalue weighted by atomic mass is 35.5. The molecular weight excluding hydrogens is 323 g/mol. The molecule has 1 unspecified atom stereocenters. The monoisotopic (exact) mass is 346 g/mol. The van der Waals surface area contributed by atoms with E-state index in [0.717, 1.165) is 0 Å². The van der Waals surface area contributed by atoms with Gasteiger partial charge in [0.1, 0.15) is 6.10 Å². The van der Waals surface area contributed by atoms with Gasteiger partial charge < -0.3 is 15.8 Å². The lowest BCUT2D eigenvalue weighted by Crippen LogP contribution is -2.37. The fourth-order valence-electron chi connectivity index (χ4n) is 2.62. The van der Waals surface area contributed by atoms with Crippen LogP contribution in [0.15, 0.2) is 18.2 Å². The lowest BCUT2D eigenvalue weighted by Gasteiger charge is -2.24. The summed E-state index contributed by atoms with van der Waals surface area (Å²) in [6.45, 7) is 2.56.